The molecule has 0 saturated carbocycles. The number of thiophene rings is 1. The van der Waals surface area contributed by atoms with Gasteiger partial charge in [0, 0.05) is 4.70 Å². The smallest absolute Gasteiger partial charge is 0.266 e. The van der Waals surface area contributed by atoms with Crippen LogP contribution in [0, 0.1) is 6.92 Å². The average molecular weight is 388 g/mol. The number of para-hydroxylation sites is 2. The topological polar surface area (TPSA) is 38.3 Å². The number of anilines is 1. The monoisotopic (exact) mass is 387 g/mol. The second kappa shape index (κ2) is 7.87. The van der Waals surface area contributed by atoms with E-state index in [9.17, 15) is 4.79 Å². The Kier molecular flexibility index (Phi) is 5.13. The van der Waals surface area contributed by atoms with Gasteiger partial charge in [0.15, 0.2) is 0 Å². The molecule has 1 N–H and O–H groups in total. The molecule has 1 heterocycles. The molecule has 0 fully saturated rings. The van der Waals surface area contributed by atoms with E-state index in [4.69, 9.17) is 4.74 Å². The number of hydrogen-bond acceptors (Lipinski definition) is 3. The van der Waals surface area contributed by atoms with Gasteiger partial charge in [0.1, 0.15) is 5.75 Å². The van der Waals surface area contributed by atoms with Crippen molar-refractivity contribution in [3.05, 3.63) is 94.4 Å². The lowest BCUT2D eigenvalue weighted by atomic mass is 10.0. The zero-order valence-corrected chi connectivity index (χ0v) is 16.7. The largest absolute Gasteiger partial charge is 0.495 e. The van der Waals surface area contributed by atoms with Crippen molar-refractivity contribution in [3.8, 4) is 5.75 Å². The lowest BCUT2D eigenvalue weighted by Crippen LogP contribution is -2.13. The fraction of sp³-hybridized carbons (Fsp3) is 0.125. The zero-order chi connectivity index (χ0) is 19.5. The summed E-state index contributed by atoms with van der Waals surface area (Å²) in [6, 6.07) is 24.1. The number of carbonyl (C=O) groups excluding carboxylic acids is 1. The van der Waals surface area contributed by atoms with Crippen molar-refractivity contribution >= 4 is 33.0 Å². The summed E-state index contributed by atoms with van der Waals surface area (Å²) in [6.45, 7) is 2.08. The van der Waals surface area contributed by atoms with Crippen LogP contribution < -0.4 is 10.1 Å². The minimum atomic E-state index is -0.104. The molecule has 4 heteroatoms. The van der Waals surface area contributed by atoms with Crippen molar-refractivity contribution in [2.75, 3.05) is 12.4 Å². The first-order chi connectivity index (χ1) is 13.7. The summed E-state index contributed by atoms with van der Waals surface area (Å²) in [5.74, 6) is 0.546. The SMILES string of the molecule is COc1ccccc1NC(=O)c1sc2ccccc2c1Cc1ccc(C)cc1. The van der Waals surface area contributed by atoms with Crippen molar-refractivity contribution in [3.63, 3.8) is 0 Å². The lowest BCUT2D eigenvalue weighted by molar-refractivity contribution is 0.102. The molecule has 0 bridgehead atoms. The summed E-state index contributed by atoms with van der Waals surface area (Å²) in [6.07, 6.45) is 0.721. The summed E-state index contributed by atoms with van der Waals surface area (Å²) in [5.41, 5.74) is 4.17. The van der Waals surface area contributed by atoms with Crippen molar-refractivity contribution in [1.29, 1.82) is 0 Å². The molecule has 140 valence electrons. The van der Waals surface area contributed by atoms with Gasteiger partial charge in [-0.05, 0) is 48.1 Å². The van der Waals surface area contributed by atoms with Crippen molar-refractivity contribution in [2.45, 2.75) is 13.3 Å². The number of nitrogens with one attached hydrogen (secondary N) is 1. The highest BCUT2D eigenvalue weighted by Gasteiger charge is 2.19. The molecule has 0 aliphatic heterocycles. The van der Waals surface area contributed by atoms with E-state index >= 15 is 0 Å². The molecule has 4 rings (SSSR count). The first kappa shape index (κ1) is 18.3. The van der Waals surface area contributed by atoms with Gasteiger partial charge in [-0.2, -0.15) is 0 Å². The lowest BCUT2D eigenvalue weighted by Gasteiger charge is -2.10. The van der Waals surface area contributed by atoms with E-state index in [0.717, 1.165) is 26.9 Å². The predicted octanol–water partition coefficient (Wildman–Crippen LogP) is 6.06. The van der Waals surface area contributed by atoms with Crippen LogP contribution in [0.1, 0.15) is 26.4 Å². The number of carbonyl (C=O) groups is 1. The van der Waals surface area contributed by atoms with Gasteiger partial charge < -0.3 is 10.1 Å². The number of hydrogen-bond donors (Lipinski definition) is 1. The second-order valence-corrected chi connectivity index (χ2v) is 7.77. The van der Waals surface area contributed by atoms with Gasteiger partial charge in [0.25, 0.3) is 5.91 Å². The summed E-state index contributed by atoms with van der Waals surface area (Å²) in [5, 5.41) is 4.16. The molecular weight excluding hydrogens is 366 g/mol. The van der Waals surface area contributed by atoms with Gasteiger partial charge >= 0.3 is 0 Å². The first-order valence-electron chi connectivity index (χ1n) is 9.16. The first-order valence-corrected chi connectivity index (χ1v) is 9.97. The highest BCUT2D eigenvalue weighted by molar-refractivity contribution is 7.21. The van der Waals surface area contributed by atoms with Crippen molar-refractivity contribution in [2.24, 2.45) is 0 Å². The molecule has 0 aliphatic rings. The minimum Gasteiger partial charge on any atom is -0.495 e. The van der Waals surface area contributed by atoms with Crippen LogP contribution in [0.3, 0.4) is 0 Å². The summed E-state index contributed by atoms with van der Waals surface area (Å²) in [7, 11) is 1.60. The summed E-state index contributed by atoms with van der Waals surface area (Å²) < 4.78 is 6.49. The zero-order valence-electron chi connectivity index (χ0n) is 15.9. The number of methoxy groups -OCH3 is 1. The van der Waals surface area contributed by atoms with Crippen LogP contribution in [0.25, 0.3) is 10.1 Å². The Morgan fingerprint density at radius 2 is 1.68 bits per heavy atom. The average Bonchev–Trinajstić information content (AvgIpc) is 3.09. The van der Waals surface area contributed by atoms with Gasteiger partial charge in [0.05, 0.1) is 17.7 Å². The van der Waals surface area contributed by atoms with Crippen molar-refractivity contribution < 1.29 is 9.53 Å². The van der Waals surface area contributed by atoms with E-state index in [2.05, 4.69) is 48.6 Å². The maximum atomic E-state index is 13.2. The van der Waals surface area contributed by atoms with Gasteiger partial charge in [0.2, 0.25) is 0 Å². The van der Waals surface area contributed by atoms with E-state index in [0.29, 0.717) is 11.4 Å². The molecular formula is C24H21NO2S. The van der Waals surface area contributed by atoms with Crippen LogP contribution in [0.2, 0.25) is 0 Å². The quantitative estimate of drug-likeness (QED) is 0.452. The number of fused-ring (bicyclic) bond motifs is 1. The molecule has 0 atom stereocenters. The summed E-state index contributed by atoms with van der Waals surface area (Å²) >= 11 is 1.53. The Hall–Kier alpha value is -3.11. The molecule has 1 aromatic heterocycles. The van der Waals surface area contributed by atoms with Crippen LogP contribution in [-0.2, 0) is 6.42 Å². The number of rotatable bonds is 5. The van der Waals surface area contributed by atoms with Gasteiger partial charge in [-0.1, -0.05) is 60.2 Å². The third kappa shape index (κ3) is 3.64. The molecule has 4 aromatic rings. The maximum absolute atomic E-state index is 13.2. The van der Waals surface area contributed by atoms with Crippen LogP contribution >= 0.6 is 11.3 Å². The third-order valence-corrected chi connectivity index (χ3v) is 5.97. The molecule has 0 radical (unpaired) electrons. The van der Waals surface area contributed by atoms with E-state index in [-0.39, 0.29) is 5.91 Å². The molecule has 1 amide bonds. The molecule has 0 aliphatic carbocycles. The Labute approximate surface area is 168 Å². The van der Waals surface area contributed by atoms with Gasteiger partial charge in [-0.15, -0.1) is 11.3 Å². The highest BCUT2D eigenvalue weighted by Crippen LogP contribution is 2.34. The number of aryl methyl sites for hydroxylation is 1. The predicted molar refractivity (Wildman–Crippen MR) is 117 cm³/mol. The number of ether oxygens (including phenoxy) is 1. The molecule has 28 heavy (non-hydrogen) atoms. The number of benzene rings is 3. The van der Waals surface area contributed by atoms with Crippen LogP contribution in [0.4, 0.5) is 5.69 Å². The molecule has 0 unspecified atom stereocenters. The fourth-order valence-corrected chi connectivity index (χ4v) is 4.41. The van der Waals surface area contributed by atoms with E-state index in [1.165, 1.54) is 22.5 Å². The Balaban J connectivity index is 1.73. The molecule has 0 spiro atoms. The van der Waals surface area contributed by atoms with Gasteiger partial charge in [-0.3, -0.25) is 4.79 Å². The summed E-state index contributed by atoms with van der Waals surface area (Å²) in [4.78, 5) is 13.9. The third-order valence-electron chi connectivity index (χ3n) is 4.76. The van der Waals surface area contributed by atoms with Crippen LogP contribution in [0.15, 0.2) is 72.8 Å². The molecule has 0 saturated heterocycles. The standard InChI is InChI=1S/C24H21NO2S/c1-16-11-13-17(14-12-16)15-19-18-7-3-6-10-22(18)28-23(19)24(26)25-20-8-4-5-9-21(20)27-2/h3-14H,15H2,1-2H3,(H,25,26). The second-order valence-electron chi connectivity index (χ2n) is 6.72. The number of amides is 1. The van der Waals surface area contributed by atoms with Crippen molar-refractivity contribution in [1.82, 2.24) is 0 Å². The van der Waals surface area contributed by atoms with Crippen LogP contribution in [-0.4, -0.2) is 13.0 Å². The van der Waals surface area contributed by atoms with Crippen LogP contribution in [0.5, 0.6) is 5.75 Å². The fourth-order valence-electron chi connectivity index (χ4n) is 3.29. The molecule has 3 nitrogen and oxygen atoms in total. The maximum Gasteiger partial charge on any atom is 0.266 e. The highest BCUT2D eigenvalue weighted by atomic mass is 32.1. The Morgan fingerprint density at radius 3 is 2.46 bits per heavy atom. The molecule has 3 aromatic carbocycles. The van der Waals surface area contributed by atoms with E-state index < -0.39 is 0 Å². The normalized spacial score (nSPS) is 10.8. The Bertz CT molecular complexity index is 1130. The minimum absolute atomic E-state index is 0.104. The van der Waals surface area contributed by atoms with E-state index in [1.807, 2.05) is 36.4 Å². The Morgan fingerprint density at radius 1 is 0.964 bits per heavy atom. The van der Waals surface area contributed by atoms with Gasteiger partial charge in [-0.25, -0.2) is 0 Å². The van der Waals surface area contributed by atoms with E-state index in [1.54, 1.807) is 7.11 Å².